The quantitative estimate of drug-likeness (QED) is 0.297. The van der Waals surface area contributed by atoms with E-state index in [4.69, 9.17) is 0 Å². The van der Waals surface area contributed by atoms with Crippen LogP contribution < -0.4 is 16.0 Å². The number of carbonyl (C=O) groups is 4. The molecule has 4 rings (SSSR count). The second-order valence-corrected chi connectivity index (χ2v) is 11.7. The first-order valence-corrected chi connectivity index (χ1v) is 15.0. The molecule has 1 saturated heterocycles. The third kappa shape index (κ3) is 8.44. The molecule has 1 aliphatic heterocycles. The third-order valence-corrected chi connectivity index (χ3v) is 7.66. The number of nitrogens with one attached hydrogen (secondary N) is 4. The predicted octanol–water partition coefficient (Wildman–Crippen LogP) is 3.49. The van der Waals surface area contributed by atoms with E-state index in [1.807, 2.05) is 68.6 Å². The molecule has 2 heterocycles. The van der Waals surface area contributed by atoms with Crippen LogP contribution in [-0.4, -0.2) is 64.7 Å². The van der Waals surface area contributed by atoms with Crippen LogP contribution in [-0.2, 0) is 32.0 Å². The van der Waals surface area contributed by atoms with Gasteiger partial charge in [0.05, 0.1) is 6.54 Å². The lowest BCUT2D eigenvalue weighted by molar-refractivity contribution is -0.141. The van der Waals surface area contributed by atoms with Crippen molar-refractivity contribution in [1.82, 2.24) is 25.8 Å². The lowest BCUT2D eigenvalue weighted by Gasteiger charge is -2.31. The summed E-state index contributed by atoms with van der Waals surface area (Å²) >= 11 is 0. The predicted molar refractivity (Wildman–Crippen MR) is 164 cm³/mol. The van der Waals surface area contributed by atoms with Gasteiger partial charge in [-0.1, -0.05) is 62.4 Å². The Hall–Kier alpha value is -4.14. The van der Waals surface area contributed by atoms with E-state index in [2.05, 4.69) is 27.0 Å². The number of benzene rings is 2. The molecule has 4 amide bonds. The molecule has 1 aromatic heterocycles. The van der Waals surface area contributed by atoms with E-state index in [9.17, 15) is 19.2 Å². The van der Waals surface area contributed by atoms with Crippen LogP contribution in [0.15, 0.2) is 60.8 Å². The van der Waals surface area contributed by atoms with Crippen molar-refractivity contribution in [1.29, 1.82) is 0 Å². The molecule has 0 spiro atoms. The molecule has 42 heavy (non-hydrogen) atoms. The second-order valence-electron chi connectivity index (χ2n) is 11.7. The Morgan fingerprint density at radius 3 is 2.19 bits per heavy atom. The summed E-state index contributed by atoms with van der Waals surface area (Å²) in [6.45, 7) is 5.75. The number of H-pyrrole nitrogens is 1. The maximum absolute atomic E-state index is 13.6. The van der Waals surface area contributed by atoms with Gasteiger partial charge in [-0.3, -0.25) is 19.2 Å². The molecule has 4 N–H and O–H groups in total. The molecule has 1 aliphatic rings. The number of hydrogen-bond donors (Lipinski definition) is 4. The molecule has 3 aromatic rings. The molecule has 0 bridgehead atoms. The number of aromatic nitrogens is 1. The van der Waals surface area contributed by atoms with Gasteiger partial charge in [0.15, 0.2) is 0 Å². The van der Waals surface area contributed by atoms with Crippen molar-refractivity contribution in [3.8, 4) is 0 Å². The van der Waals surface area contributed by atoms with Crippen LogP contribution in [0.2, 0.25) is 0 Å². The summed E-state index contributed by atoms with van der Waals surface area (Å²) in [4.78, 5) is 58.2. The van der Waals surface area contributed by atoms with Gasteiger partial charge in [0.25, 0.3) is 0 Å². The Morgan fingerprint density at radius 1 is 0.810 bits per heavy atom. The van der Waals surface area contributed by atoms with Gasteiger partial charge < -0.3 is 25.8 Å². The molecular formula is C33H43N5O4. The number of rotatable bonds is 10. The first kappa shape index (κ1) is 30.8. The highest BCUT2D eigenvalue weighted by Crippen LogP contribution is 2.20. The minimum absolute atomic E-state index is 0.125. The Balaban J connectivity index is 1.50. The van der Waals surface area contributed by atoms with E-state index in [-0.39, 0.29) is 24.3 Å². The number of para-hydroxylation sites is 1. The van der Waals surface area contributed by atoms with E-state index in [0.29, 0.717) is 32.2 Å². The van der Waals surface area contributed by atoms with Crippen molar-refractivity contribution in [3.05, 3.63) is 71.9 Å². The number of hydrogen-bond acceptors (Lipinski definition) is 4. The Labute approximate surface area is 247 Å². The summed E-state index contributed by atoms with van der Waals surface area (Å²) in [5, 5.41) is 9.71. The van der Waals surface area contributed by atoms with Crippen molar-refractivity contribution < 1.29 is 19.2 Å². The Morgan fingerprint density at radius 2 is 1.45 bits per heavy atom. The van der Waals surface area contributed by atoms with Crippen LogP contribution in [0.4, 0.5) is 0 Å². The topological polar surface area (TPSA) is 123 Å². The lowest BCUT2D eigenvalue weighted by atomic mass is 10.0. The molecule has 2 aromatic carbocycles. The van der Waals surface area contributed by atoms with Crippen LogP contribution >= 0.6 is 0 Å². The van der Waals surface area contributed by atoms with Crippen LogP contribution in [0, 0.1) is 5.92 Å². The number of aromatic amines is 1. The standard InChI is InChI=1S/C33H43N5O4/c1-22(2)20-38-21-30(39)36-28(17-9-13-24-11-5-4-6-12-24)32(41)37-29(31(40)35-23(3)33(38)42)18-10-14-25-19-34-27-16-8-7-15-26(25)27/h4-8,11-12,15-16,19,22-23,28-29,34H,9-10,13-14,17-18,20-21H2,1-3H3,(H,35,40)(H,36,39)(H,37,41). The van der Waals surface area contributed by atoms with Crippen molar-refractivity contribution in [2.75, 3.05) is 13.1 Å². The molecule has 0 saturated carbocycles. The van der Waals surface area contributed by atoms with Crippen LogP contribution in [0.3, 0.4) is 0 Å². The largest absolute Gasteiger partial charge is 0.361 e. The number of carbonyl (C=O) groups excluding carboxylic acids is 4. The summed E-state index contributed by atoms with van der Waals surface area (Å²) in [6, 6.07) is 15.5. The molecule has 0 aliphatic carbocycles. The van der Waals surface area contributed by atoms with Gasteiger partial charge in [-0.2, -0.15) is 0 Å². The molecule has 3 unspecified atom stereocenters. The number of aryl methyl sites for hydroxylation is 2. The monoisotopic (exact) mass is 573 g/mol. The lowest BCUT2D eigenvalue weighted by Crippen LogP contribution is -2.59. The van der Waals surface area contributed by atoms with Crippen molar-refractivity contribution in [2.24, 2.45) is 5.92 Å². The van der Waals surface area contributed by atoms with E-state index < -0.39 is 29.9 Å². The summed E-state index contributed by atoms with van der Waals surface area (Å²) in [5.41, 5.74) is 3.34. The molecule has 0 radical (unpaired) electrons. The van der Waals surface area contributed by atoms with Crippen LogP contribution in [0.5, 0.6) is 0 Å². The molecule has 224 valence electrons. The van der Waals surface area contributed by atoms with Gasteiger partial charge >= 0.3 is 0 Å². The number of amides is 4. The first-order chi connectivity index (χ1) is 20.2. The van der Waals surface area contributed by atoms with Gasteiger partial charge in [0.1, 0.15) is 18.1 Å². The maximum Gasteiger partial charge on any atom is 0.245 e. The van der Waals surface area contributed by atoms with Gasteiger partial charge in [-0.15, -0.1) is 0 Å². The summed E-state index contributed by atoms with van der Waals surface area (Å²) in [5.74, 6) is -1.38. The fourth-order valence-corrected chi connectivity index (χ4v) is 5.54. The summed E-state index contributed by atoms with van der Waals surface area (Å²) in [6.07, 6.45) is 5.57. The maximum atomic E-state index is 13.6. The minimum Gasteiger partial charge on any atom is -0.361 e. The van der Waals surface area contributed by atoms with Crippen LogP contribution in [0.25, 0.3) is 10.9 Å². The zero-order chi connectivity index (χ0) is 30.1. The van der Waals surface area contributed by atoms with Crippen molar-refractivity contribution in [2.45, 2.75) is 77.4 Å². The molecule has 3 atom stereocenters. The van der Waals surface area contributed by atoms with E-state index in [1.54, 1.807) is 6.92 Å². The van der Waals surface area contributed by atoms with Crippen LogP contribution in [0.1, 0.15) is 57.6 Å². The van der Waals surface area contributed by atoms with Gasteiger partial charge in [-0.25, -0.2) is 0 Å². The smallest absolute Gasteiger partial charge is 0.245 e. The minimum atomic E-state index is -0.843. The summed E-state index contributed by atoms with van der Waals surface area (Å²) < 4.78 is 0. The van der Waals surface area contributed by atoms with Gasteiger partial charge in [0, 0.05) is 23.6 Å². The Kier molecular flexibility index (Phi) is 10.8. The highest BCUT2D eigenvalue weighted by atomic mass is 16.2. The first-order valence-electron chi connectivity index (χ1n) is 15.0. The molecule has 1 fully saturated rings. The van der Waals surface area contributed by atoms with E-state index >= 15 is 0 Å². The number of fused-ring (bicyclic) bond motifs is 1. The fraction of sp³-hybridized carbons (Fsp3) is 0.455. The fourth-order valence-electron chi connectivity index (χ4n) is 5.54. The average molecular weight is 574 g/mol. The van der Waals surface area contributed by atoms with E-state index in [1.165, 1.54) is 4.90 Å². The van der Waals surface area contributed by atoms with Gasteiger partial charge in [-0.05, 0) is 68.6 Å². The zero-order valence-corrected chi connectivity index (χ0v) is 24.8. The molecule has 9 nitrogen and oxygen atoms in total. The highest BCUT2D eigenvalue weighted by Gasteiger charge is 2.32. The van der Waals surface area contributed by atoms with Crippen molar-refractivity contribution in [3.63, 3.8) is 0 Å². The SMILES string of the molecule is CC(C)CN1CC(=O)NC(CCCc2ccccc2)C(=O)NC(CCCc2c[nH]c3ccccc23)C(=O)NC(C)C1=O. The highest BCUT2D eigenvalue weighted by molar-refractivity contribution is 5.96. The Bertz CT molecular complexity index is 1370. The molecule has 9 heteroatoms. The summed E-state index contributed by atoms with van der Waals surface area (Å²) in [7, 11) is 0. The van der Waals surface area contributed by atoms with E-state index in [0.717, 1.165) is 34.9 Å². The second kappa shape index (κ2) is 14.7. The zero-order valence-electron chi connectivity index (χ0n) is 24.8. The van der Waals surface area contributed by atoms with Crippen molar-refractivity contribution >= 4 is 34.5 Å². The average Bonchev–Trinajstić information content (AvgIpc) is 3.38. The third-order valence-electron chi connectivity index (χ3n) is 7.66. The van der Waals surface area contributed by atoms with Gasteiger partial charge in [0.2, 0.25) is 23.6 Å². The number of nitrogens with zero attached hydrogens (tertiary/aromatic N) is 1. The molecular weight excluding hydrogens is 530 g/mol. The normalized spacial score (nSPS) is 20.6.